The maximum absolute atomic E-state index is 11.5. The smallest absolute Gasteiger partial charge is 0.214 e. The van der Waals surface area contributed by atoms with E-state index in [1.807, 2.05) is 0 Å². The Bertz CT molecular complexity index is 269. The highest BCUT2D eigenvalue weighted by Gasteiger charge is 2.16. The van der Waals surface area contributed by atoms with Crippen molar-refractivity contribution in [1.29, 1.82) is 0 Å². The van der Waals surface area contributed by atoms with Gasteiger partial charge in [-0.1, -0.05) is 19.3 Å². The Balaban J connectivity index is 2.20. The first kappa shape index (κ1) is 12.9. The van der Waals surface area contributed by atoms with Crippen LogP contribution in [0.4, 0.5) is 0 Å². The number of hydrogen-bond donors (Lipinski definition) is 1. The van der Waals surface area contributed by atoms with Gasteiger partial charge >= 0.3 is 0 Å². The summed E-state index contributed by atoms with van der Waals surface area (Å²) in [6.07, 6.45) is 6.27. The molecule has 4 nitrogen and oxygen atoms in total. The molecule has 0 amide bonds. The maximum atomic E-state index is 11.5. The lowest BCUT2D eigenvalue weighted by atomic mass is 9.96. The van der Waals surface area contributed by atoms with Gasteiger partial charge in [0.05, 0.1) is 5.75 Å². The molecular weight excluding hydrogens is 212 g/mol. The molecule has 0 radical (unpaired) electrons. The summed E-state index contributed by atoms with van der Waals surface area (Å²) >= 11 is 0. The normalized spacial score (nSPS) is 19.7. The van der Waals surface area contributed by atoms with E-state index in [1.54, 1.807) is 14.1 Å². The molecule has 1 aliphatic rings. The van der Waals surface area contributed by atoms with Gasteiger partial charge in [-0.3, -0.25) is 0 Å². The van der Waals surface area contributed by atoms with E-state index in [2.05, 4.69) is 5.32 Å². The van der Waals surface area contributed by atoms with Crippen molar-refractivity contribution in [3.8, 4) is 0 Å². The van der Waals surface area contributed by atoms with Gasteiger partial charge in [-0.05, 0) is 12.8 Å². The van der Waals surface area contributed by atoms with Gasteiger partial charge in [-0.2, -0.15) is 0 Å². The molecule has 15 heavy (non-hydrogen) atoms. The summed E-state index contributed by atoms with van der Waals surface area (Å²) in [6, 6.07) is 0.538. The fraction of sp³-hybridized carbons (Fsp3) is 1.00. The van der Waals surface area contributed by atoms with Crippen LogP contribution in [0.15, 0.2) is 0 Å². The molecule has 1 N–H and O–H groups in total. The molecular formula is C10H22N2O2S. The van der Waals surface area contributed by atoms with E-state index >= 15 is 0 Å². The van der Waals surface area contributed by atoms with Crippen molar-refractivity contribution >= 4 is 10.0 Å². The van der Waals surface area contributed by atoms with Crippen molar-refractivity contribution in [2.75, 3.05) is 26.4 Å². The highest BCUT2D eigenvalue weighted by molar-refractivity contribution is 7.89. The van der Waals surface area contributed by atoms with Gasteiger partial charge < -0.3 is 5.32 Å². The Kier molecular flexibility index (Phi) is 5.02. The van der Waals surface area contributed by atoms with E-state index in [9.17, 15) is 8.42 Å². The molecule has 1 saturated carbocycles. The summed E-state index contributed by atoms with van der Waals surface area (Å²) in [7, 11) is 0.130. The summed E-state index contributed by atoms with van der Waals surface area (Å²) in [5.74, 6) is 0.205. The summed E-state index contributed by atoms with van der Waals surface area (Å²) in [5.41, 5.74) is 0. The number of sulfonamides is 1. The van der Waals surface area contributed by atoms with Crippen LogP contribution in [0.5, 0.6) is 0 Å². The topological polar surface area (TPSA) is 49.4 Å². The zero-order chi connectivity index (χ0) is 11.3. The molecule has 0 heterocycles. The number of nitrogens with one attached hydrogen (secondary N) is 1. The third-order valence-electron chi connectivity index (χ3n) is 2.95. The average Bonchev–Trinajstić information content (AvgIpc) is 2.19. The van der Waals surface area contributed by atoms with E-state index in [4.69, 9.17) is 0 Å². The van der Waals surface area contributed by atoms with Crippen molar-refractivity contribution in [2.45, 2.75) is 38.1 Å². The van der Waals surface area contributed by atoms with Gasteiger partial charge in [0.2, 0.25) is 10.0 Å². The molecule has 0 aromatic heterocycles. The zero-order valence-electron chi connectivity index (χ0n) is 9.70. The van der Waals surface area contributed by atoms with Gasteiger partial charge in [-0.15, -0.1) is 0 Å². The quantitative estimate of drug-likeness (QED) is 0.765. The molecule has 0 aromatic rings. The highest BCUT2D eigenvalue weighted by Crippen LogP contribution is 2.17. The van der Waals surface area contributed by atoms with Gasteiger partial charge in [0, 0.05) is 26.7 Å². The standard InChI is InChI=1S/C10H22N2O2S/c1-12(2)15(13,14)9-8-11-10-6-4-3-5-7-10/h10-11H,3-9H2,1-2H3. The van der Waals surface area contributed by atoms with Crippen molar-refractivity contribution in [3.05, 3.63) is 0 Å². The van der Waals surface area contributed by atoms with Crippen LogP contribution in [0.2, 0.25) is 0 Å². The van der Waals surface area contributed by atoms with Crippen LogP contribution >= 0.6 is 0 Å². The fourth-order valence-electron chi connectivity index (χ4n) is 1.88. The van der Waals surface area contributed by atoms with E-state index < -0.39 is 10.0 Å². The van der Waals surface area contributed by atoms with Crippen LogP contribution in [0.25, 0.3) is 0 Å². The average molecular weight is 234 g/mol. The van der Waals surface area contributed by atoms with Gasteiger partial charge in [0.1, 0.15) is 0 Å². The molecule has 90 valence electrons. The molecule has 0 aliphatic heterocycles. The molecule has 0 saturated heterocycles. The van der Waals surface area contributed by atoms with Gasteiger partial charge in [0.25, 0.3) is 0 Å². The highest BCUT2D eigenvalue weighted by atomic mass is 32.2. The lowest BCUT2D eigenvalue weighted by Crippen LogP contribution is -2.37. The lowest BCUT2D eigenvalue weighted by molar-refractivity contribution is 0.379. The Labute approximate surface area is 93.1 Å². The van der Waals surface area contributed by atoms with E-state index in [1.165, 1.54) is 36.4 Å². The fourth-order valence-corrected chi connectivity index (χ4v) is 2.62. The van der Waals surface area contributed by atoms with Gasteiger partial charge in [0.15, 0.2) is 0 Å². The van der Waals surface area contributed by atoms with Crippen LogP contribution in [-0.4, -0.2) is 45.2 Å². The first-order valence-electron chi connectivity index (χ1n) is 5.66. The molecule has 1 aliphatic carbocycles. The van der Waals surface area contributed by atoms with Crippen LogP contribution in [0, 0.1) is 0 Å². The third-order valence-corrected chi connectivity index (χ3v) is 4.79. The predicted molar refractivity (Wildman–Crippen MR) is 62.3 cm³/mol. The van der Waals surface area contributed by atoms with Crippen LogP contribution in [0.3, 0.4) is 0 Å². The van der Waals surface area contributed by atoms with Crippen molar-refractivity contribution in [2.24, 2.45) is 0 Å². The number of rotatable bonds is 5. The monoisotopic (exact) mass is 234 g/mol. The largest absolute Gasteiger partial charge is 0.313 e. The maximum Gasteiger partial charge on any atom is 0.214 e. The molecule has 0 atom stereocenters. The van der Waals surface area contributed by atoms with Crippen LogP contribution < -0.4 is 5.32 Å². The van der Waals surface area contributed by atoms with Crippen molar-refractivity contribution in [1.82, 2.24) is 9.62 Å². The lowest BCUT2D eigenvalue weighted by Gasteiger charge is -2.23. The van der Waals surface area contributed by atoms with E-state index in [0.717, 1.165) is 0 Å². The minimum absolute atomic E-state index is 0.205. The zero-order valence-corrected chi connectivity index (χ0v) is 10.5. The minimum atomic E-state index is -3.03. The molecule has 0 bridgehead atoms. The SMILES string of the molecule is CN(C)S(=O)(=O)CCNC1CCCCC1. The van der Waals surface area contributed by atoms with Crippen molar-refractivity contribution < 1.29 is 8.42 Å². The van der Waals surface area contributed by atoms with E-state index in [-0.39, 0.29) is 5.75 Å². The second-order valence-corrected chi connectivity index (χ2v) is 6.69. The third kappa shape index (κ3) is 4.49. The minimum Gasteiger partial charge on any atom is -0.313 e. The Hall–Kier alpha value is -0.130. The second kappa shape index (κ2) is 5.82. The summed E-state index contributed by atoms with van der Waals surface area (Å²) in [5, 5.41) is 3.33. The Morgan fingerprint density at radius 1 is 1.20 bits per heavy atom. The number of nitrogens with zero attached hydrogens (tertiary/aromatic N) is 1. The van der Waals surface area contributed by atoms with Crippen LogP contribution in [0.1, 0.15) is 32.1 Å². The molecule has 0 unspecified atom stereocenters. The first-order valence-corrected chi connectivity index (χ1v) is 7.27. The molecule has 0 aromatic carbocycles. The first-order chi connectivity index (χ1) is 7.02. The number of hydrogen-bond acceptors (Lipinski definition) is 3. The summed E-state index contributed by atoms with van der Waals surface area (Å²) < 4.78 is 24.2. The Morgan fingerprint density at radius 2 is 1.80 bits per heavy atom. The second-order valence-electron chi connectivity index (χ2n) is 4.39. The molecule has 0 spiro atoms. The molecule has 1 rings (SSSR count). The van der Waals surface area contributed by atoms with Crippen LogP contribution in [-0.2, 0) is 10.0 Å². The van der Waals surface area contributed by atoms with E-state index in [0.29, 0.717) is 12.6 Å². The molecule has 5 heteroatoms. The summed E-state index contributed by atoms with van der Waals surface area (Å²) in [4.78, 5) is 0. The Morgan fingerprint density at radius 3 is 2.33 bits per heavy atom. The van der Waals surface area contributed by atoms with Gasteiger partial charge in [-0.25, -0.2) is 12.7 Å². The summed E-state index contributed by atoms with van der Waals surface area (Å²) in [6.45, 7) is 0.575. The predicted octanol–water partition coefficient (Wildman–Crippen LogP) is 0.800. The molecule has 1 fully saturated rings. The van der Waals surface area contributed by atoms with Crippen molar-refractivity contribution in [3.63, 3.8) is 0 Å².